The molecule has 0 aliphatic carbocycles. The van der Waals surface area contributed by atoms with E-state index in [1.807, 2.05) is 85.7 Å². The lowest BCUT2D eigenvalue weighted by atomic mass is 9.93. The van der Waals surface area contributed by atoms with Gasteiger partial charge in [0.25, 0.3) is 5.56 Å². The highest BCUT2D eigenvalue weighted by molar-refractivity contribution is 9.10. The monoisotopic (exact) mass is 631 g/mol. The molecule has 10 heteroatoms. The number of hydrogen-bond acceptors (Lipinski definition) is 8. The van der Waals surface area contributed by atoms with Gasteiger partial charge in [0.05, 0.1) is 34.1 Å². The maximum absolute atomic E-state index is 14.1. The molecule has 3 aromatic carbocycles. The number of aromatic nitrogens is 1. The van der Waals surface area contributed by atoms with Crippen molar-refractivity contribution in [2.24, 2.45) is 4.99 Å². The summed E-state index contributed by atoms with van der Waals surface area (Å²) in [5, 5.41) is 0. The van der Waals surface area contributed by atoms with E-state index in [1.54, 1.807) is 17.6 Å². The van der Waals surface area contributed by atoms with Crippen LogP contribution in [0.15, 0.2) is 86.6 Å². The zero-order valence-corrected chi connectivity index (χ0v) is 25.0. The molecule has 2 aliphatic rings. The Labute approximate surface area is 248 Å². The standard InChI is InChI=1S/C31H26BrN3O5S/c1-4-38-30(37)26-27(19-8-6-5-7-9-19)33-31-35(28(26)20-11-13-23-24(16-20)40-17-39-23)29(36)25(41-31)15-18-10-12-22(34(2)3)21(32)14-18/h5-16,28H,4,17H2,1-3H3/b25-15-/t28-/m0/s1. The number of fused-ring (bicyclic) bond motifs is 2. The van der Waals surface area contributed by atoms with Gasteiger partial charge in [-0.2, -0.15) is 0 Å². The predicted octanol–water partition coefficient (Wildman–Crippen LogP) is 4.49. The number of benzene rings is 3. The van der Waals surface area contributed by atoms with Crippen molar-refractivity contribution in [2.75, 3.05) is 32.4 Å². The third-order valence-electron chi connectivity index (χ3n) is 6.84. The van der Waals surface area contributed by atoms with Crippen molar-refractivity contribution in [2.45, 2.75) is 13.0 Å². The van der Waals surface area contributed by atoms with Gasteiger partial charge in [-0.25, -0.2) is 9.79 Å². The van der Waals surface area contributed by atoms with E-state index in [0.29, 0.717) is 32.1 Å². The van der Waals surface area contributed by atoms with E-state index in [0.717, 1.165) is 21.3 Å². The number of nitrogens with zero attached hydrogens (tertiary/aromatic N) is 3. The molecular formula is C31H26BrN3O5S. The van der Waals surface area contributed by atoms with Gasteiger partial charge in [-0.1, -0.05) is 53.8 Å². The Hall–Kier alpha value is -4.15. The molecule has 0 bridgehead atoms. The number of rotatable bonds is 6. The van der Waals surface area contributed by atoms with Gasteiger partial charge < -0.3 is 19.1 Å². The highest BCUT2D eigenvalue weighted by Crippen LogP contribution is 2.40. The number of hydrogen-bond donors (Lipinski definition) is 0. The summed E-state index contributed by atoms with van der Waals surface area (Å²) in [6.07, 6.45) is 1.85. The maximum Gasteiger partial charge on any atom is 0.338 e. The summed E-state index contributed by atoms with van der Waals surface area (Å²) in [6.45, 7) is 2.05. The second kappa shape index (κ2) is 11.0. The molecule has 1 atom stereocenters. The van der Waals surface area contributed by atoms with Crippen LogP contribution in [0, 0.1) is 0 Å². The van der Waals surface area contributed by atoms with Crippen molar-refractivity contribution in [3.63, 3.8) is 0 Å². The van der Waals surface area contributed by atoms with Crippen molar-refractivity contribution in [3.8, 4) is 11.5 Å². The van der Waals surface area contributed by atoms with Gasteiger partial charge in [0.2, 0.25) is 6.79 Å². The van der Waals surface area contributed by atoms with Crippen molar-refractivity contribution in [1.29, 1.82) is 0 Å². The zero-order chi connectivity index (χ0) is 28.7. The smallest absolute Gasteiger partial charge is 0.338 e. The molecule has 2 aliphatic heterocycles. The Kier molecular flexibility index (Phi) is 7.27. The summed E-state index contributed by atoms with van der Waals surface area (Å²) in [4.78, 5) is 35.1. The van der Waals surface area contributed by atoms with Crippen LogP contribution in [0.5, 0.6) is 11.5 Å². The van der Waals surface area contributed by atoms with Gasteiger partial charge in [0.15, 0.2) is 16.3 Å². The van der Waals surface area contributed by atoms with Crippen LogP contribution in [0.25, 0.3) is 11.8 Å². The summed E-state index contributed by atoms with van der Waals surface area (Å²) in [7, 11) is 3.94. The van der Waals surface area contributed by atoms with Gasteiger partial charge in [0.1, 0.15) is 0 Å². The van der Waals surface area contributed by atoms with E-state index in [9.17, 15) is 9.59 Å². The first-order valence-electron chi connectivity index (χ1n) is 13.0. The molecule has 0 spiro atoms. The van der Waals surface area contributed by atoms with Crippen molar-refractivity contribution in [1.82, 2.24) is 4.57 Å². The molecule has 0 saturated heterocycles. The fraction of sp³-hybridized carbons (Fsp3) is 0.194. The Balaban J connectivity index is 1.61. The molecule has 0 saturated carbocycles. The van der Waals surface area contributed by atoms with E-state index < -0.39 is 12.0 Å². The summed E-state index contributed by atoms with van der Waals surface area (Å²) in [5.74, 6) is 0.630. The van der Waals surface area contributed by atoms with Crippen LogP contribution in [0.1, 0.15) is 29.7 Å². The number of esters is 1. The van der Waals surface area contributed by atoms with E-state index >= 15 is 0 Å². The van der Waals surface area contributed by atoms with E-state index in [-0.39, 0.29) is 24.5 Å². The van der Waals surface area contributed by atoms with E-state index in [2.05, 4.69) is 15.9 Å². The zero-order valence-electron chi connectivity index (χ0n) is 22.6. The van der Waals surface area contributed by atoms with Gasteiger partial charge in [-0.05, 0) is 64.3 Å². The summed E-state index contributed by atoms with van der Waals surface area (Å²) >= 11 is 4.92. The number of ether oxygens (including phenoxy) is 3. The number of halogens is 1. The second-order valence-corrected chi connectivity index (χ2v) is 11.5. The number of anilines is 1. The fourth-order valence-corrected chi connectivity index (χ4v) is 6.72. The van der Waals surface area contributed by atoms with Crippen LogP contribution in [0.4, 0.5) is 5.69 Å². The second-order valence-electron chi connectivity index (χ2n) is 9.65. The maximum atomic E-state index is 14.1. The molecule has 0 N–H and O–H groups in total. The molecule has 3 heterocycles. The van der Waals surface area contributed by atoms with Crippen LogP contribution in [-0.4, -0.2) is 38.0 Å². The lowest BCUT2D eigenvalue weighted by molar-refractivity contribution is -0.138. The first kappa shape index (κ1) is 27.0. The van der Waals surface area contributed by atoms with Crippen LogP contribution < -0.4 is 29.3 Å². The normalized spacial score (nSPS) is 15.9. The Bertz CT molecular complexity index is 1880. The number of thiazole rings is 1. The molecule has 0 unspecified atom stereocenters. The molecule has 8 nitrogen and oxygen atoms in total. The Morgan fingerprint density at radius 2 is 1.90 bits per heavy atom. The average Bonchev–Trinajstić information content (AvgIpc) is 3.56. The van der Waals surface area contributed by atoms with E-state index in [1.165, 1.54) is 11.3 Å². The minimum absolute atomic E-state index is 0.111. The van der Waals surface area contributed by atoms with E-state index in [4.69, 9.17) is 19.2 Å². The van der Waals surface area contributed by atoms with Gasteiger partial charge in [-0.3, -0.25) is 9.36 Å². The van der Waals surface area contributed by atoms with Crippen LogP contribution in [-0.2, 0) is 9.53 Å². The third kappa shape index (κ3) is 4.98. The van der Waals surface area contributed by atoms with Gasteiger partial charge in [-0.15, -0.1) is 0 Å². The first-order chi connectivity index (χ1) is 19.9. The third-order valence-corrected chi connectivity index (χ3v) is 8.46. The van der Waals surface area contributed by atoms with Crippen molar-refractivity contribution in [3.05, 3.63) is 113 Å². The largest absolute Gasteiger partial charge is 0.463 e. The molecule has 1 aromatic heterocycles. The minimum atomic E-state index is -0.792. The minimum Gasteiger partial charge on any atom is -0.463 e. The van der Waals surface area contributed by atoms with Crippen LogP contribution in [0.2, 0.25) is 0 Å². The first-order valence-corrected chi connectivity index (χ1v) is 14.6. The predicted molar refractivity (Wildman–Crippen MR) is 162 cm³/mol. The Morgan fingerprint density at radius 1 is 1.12 bits per heavy atom. The SMILES string of the molecule is CCOC(=O)C1=C(c2ccccc2)N=c2s/c(=C\c3ccc(N(C)C)c(Br)c3)c(=O)n2[C@H]1c1ccc2c(c1)OCO2. The van der Waals surface area contributed by atoms with Crippen molar-refractivity contribution >= 4 is 50.7 Å². The highest BCUT2D eigenvalue weighted by Gasteiger charge is 2.36. The molecule has 0 amide bonds. The summed E-state index contributed by atoms with van der Waals surface area (Å²) in [5.41, 5.74) is 3.83. The van der Waals surface area contributed by atoms with Crippen LogP contribution in [0.3, 0.4) is 0 Å². The molecule has 0 fully saturated rings. The summed E-state index contributed by atoms with van der Waals surface area (Å²) in [6, 6.07) is 20.1. The van der Waals surface area contributed by atoms with Gasteiger partial charge in [0, 0.05) is 24.1 Å². The number of carbonyl (C=O) groups excluding carboxylic acids is 1. The highest BCUT2D eigenvalue weighted by atomic mass is 79.9. The molecule has 0 radical (unpaired) electrons. The van der Waals surface area contributed by atoms with Crippen LogP contribution >= 0.6 is 27.3 Å². The molecule has 41 heavy (non-hydrogen) atoms. The lowest BCUT2D eigenvalue weighted by Crippen LogP contribution is -2.40. The molecular weight excluding hydrogens is 606 g/mol. The molecule has 6 rings (SSSR count). The van der Waals surface area contributed by atoms with Crippen molar-refractivity contribution < 1.29 is 19.0 Å². The lowest BCUT2D eigenvalue weighted by Gasteiger charge is -2.26. The molecule has 208 valence electrons. The topological polar surface area (TPSA) is 82.4 Å². The van der Waals surface area contributed by atoms with Gasteiger partial charge >= 0.3 is 5.97 Å². The fourth-order valence-electron chi connectivity index (χ4n) is 4.97. The summed E-state index contributed by atoms with van der Waals surface area (Å²) < 4.78 is 19.7. The average molecular weight is 633 g/mol. The molecule has 4 aromatic rings. The quantitative estimate of drug-likeness (QED) is 0.292. The Morgan fingerprint density at radius 3 is 2.63 bits per heavy atom. The number of carbonyl (C=O) groups is 1.